The van der Waals surface area contributed by atoms with Crippen LogP contribution in [-0.4, -0.2) is 46.2 Å². The van der Waals surface area contributed by atoms with E-state index in [-0.39, 0.29) is 6.61 Å². The summed E-state index contributed by atoms with van der Waals surface area (Å²) in [4.78, 5) is 18.4. The SMILES string of the molecule is Cc1cc(C)nc(N2CCN(c3nc4ccccc4cc3CO)CC2)n1. The van der Waals surface area contributed by atoms with Crippen LogP contribution >= 0.6 is 0 Å². The molecule has 1 saturated heterocycles. The number of aromatic nitrogens is 3. The van der Waals surface area contributed by atoms with Gasteiger partial charge < -0.3 is 14.9 Å². The van der Waals surface area contributed by atoms with E-state index in [9.17, 15) is 5.11 Å². The average molecular weight is 349 g/mol. The van der Waals surface area contributed by atoms with Crippen LogP contribution in [0, 0.1) is 13.8 Å². The minimum atomic E-state index is -0.00638. The van der Waals surface area contributed by atoms with Crippen LogP contribution in [0.4, 0.5) is 11.8 Å². The second-order valence-corrected chi connectivity index (χ2v) is 6.75. The van der Waals surface area contributed by atoms with E-state index >= 15 is 0 Å². The fourth-order valence-electron chi connectivity index (χ4n) is 3.51. The highest BCUT2D eigenvalue weighted by Crippen LogP contribution is 2.25. The summed E-state index contributed by atoms with van der Waals surface area (Å²) < 4.78 is 0. The summed E-state index contributed by atoms with van der Waals surface area (Å²) in [6.07, 6.45) is 0. The molecule has 6 nitrogen and oxygen atoms in total. The van der Waals surface area contributed by atoms with Crippen molar-refractivity contribution >= 4 is 22.7 Å². The molecule has 1 aliphatic heterocycles. The maximum Gasteiger partial charge on any atom is 0.225 e. The van der Waals surface area contributed by atoms with Gasteiger partial charge in [-0.2, -0.15) is 0 Å². The van der Waals surface area contributed by atoms with Crippen molar-refractivity contribution in [2.45, 2.75) is 20.5 Å². The van der Waals surface area contributed by atoms with E-state index in [0.717, 1.165) is 65.8 Å². The van der Waals surface area contributed by atoms with E-state index in [0.29, 0.717) is 0 Å². The molecule has 2 aromatic heterocycles. The molecule has 0 unspecified atom stereocenters. The monoisotopic (exact) mass is 349 g/mol. The van der Waals surface area contributed by atoms with Crippen molar-refractivity contribution in [3.8, 4) is 0 Å². The predicted octanol–water partition coefficient (Wildman–Crippen LogP) is 2.46. The number of fused-ring (bicyclic) bond motifs is 1. The van der Waals surface area contributed by atoms with Gasteiger partial charge in [-0.15, -0.1) is 0 Å². The number of aliphatic hydroxyl groups is 1. The standard InChI is InChI=1S/C20H23N5O/c1-14-11-15(2)22-20(21-14)25-9-7-24(8-10-25)19-17(13-26)12-16-5-3-4-6-18(16)23-19/h3-6,11-12,26H,7-10,13H2,1-2H3. The Morgan fingerprint density at radius 2 is 1.54 bits per heavy atom. The summed E-state index contributed by atoms with van der Waals surface area (Å²) in [5, 5.41) is 10.9. The van der Waals surface area contributed by atoms with Gasteiger partial charge in [-0.3, -0.25) is 0 Å². The van der Waals surface area contributed by atoms with Gasteiger partial charge in [0.25, 0.3) is 0 Å². The molecule has 1 aromatic carbocycles. The fraction of sp³-hybridized carbons (Fsp3) is 0.350. The maximum atomic E-state index is 9.80. The van der Waals surface area contributed by atoms with Crippen LogP contribution < -0.4 is 9.80 Å². The Hall–Kier alpha value is -2.73. The molecule has 1 fully saturated rings. The van der Waals surface area contributed by atoms with Crippen LogP contribution in [0.3, 0.4) is 0 Å². The van der Waals surface area contributed by atoms with Gasteiger partial charge in [0.15, 0.2) is 0 Å². The first kappa shape index (κ1) is 16.7. The molecule has 1 N–H and O–H groups in total. The lowest BCUT2D eigenvalue weighted by atomic mass is 10.1. The Labute approximate surface area is 153 Å². The predicted molar refractivity (Wildman–Crippen MR) is 104 cm³/mol. The number of rotatable bonds is 3. The Morgan fingerprint density at radius 3 is 2.23 bits per heavy atom. The quantitative estimate of drug-likeness (QED) is 0.784. The number of pyridine rings is 1. The zero-order chi connectivity index (χ0) is 18.1. The van der Waals surface area contributed by atoms with Crippen molar-refractivity contribution in [2.75, 3.05) is 36.0 Å². The van der Waals surface area contributed by atoms with Crippen molar-refractivity contribution in [1.29, 1.82) is 0 Å². The van der Waals surface area contributed by atoms with E-state index in [1.807, 2.05) is 50.2 Å². The summed E-state index contributed by atoms with van der Waals surface area (Å²) in [7, 11) is 0. The first-order chi connectivity index (χ1) is 12.6. The molecule has 3 aromatic rings. The van der Waals surface area contributed by atoms with Gasteiger partial charge in [0, 0.05) is 48.5 Å². The number of para-hydroxylation sites is 1. The number of nitrogens with zero attached hydrogens (tertiary/aromatic N) is 5. The van der Waals surface area contributed by atoms with Crippen molar-refractivity contribution in [2.24, 2.45) is 0 Å². The summed E-state index contributed by atoms with van der Waals surface area (Å²) in [5.41, 5.74) is 3.82. The van der Waals surface area contributed by atoms with Gasteiger partial charge in [0.1, 0.15) is 5.82 Å². The van der Waals surface area contributed by atoms with Crippen LogP contribution in [0.25, 0.3) is 10.9 Å². The van der Waals surface area contributed by atoms with Crippen molar-refractivity contribution in [3.05, 3.63) is 53.3 Å². The van der Waals surface area contributed by atoms with Crippen molar-refractivity contribution in [3.63, 3.8) is 0 Å². The van der Waals surface area contributed by atoms with Crippen LogP contribution in [0.1, 0.15) is 17.0 Å². The first-order valence-electron chi connectivity index (χ1n) is 8.96. The van der Waals surface area contributed by atoms with Crippen LogP contribution in [0.15, 0.2) is 36.4 Å². The van der Waals surface area contributed by atoms with Crippen molar-refractivity contribution < 1.29 is 5.11 Å². The highest BCUT2D eigenvalue weighted by Gasteiger charge is 2.22. The molecule has 0 radical (unpaired) electrons. The highest BCUT2D eigenvalue weighted by atomic mass is 16.3. The smallest absolute Gasteiger partial charge is 0.225 e. The molecule has 6 heteroatoms. The van der Waals surface area contributed by atoms with E-state index < -0.39 is 0 Å². The summed E-state index contributed by atoms with van der Waals surface area (Å²) in [5.74, 6) is 1.68. The lowest BCUT2D eigenvalue weighted by Gasteiger charge is -2.36. The maximum absolute atomic E-state index is 9.80. The first-order valence-corrected chi connectivity index (χ1v) is 8.96. The molecule has 3 heterocycles. The number of benzene rings is 1. The van der Waals surface area contributed by atoms with E-state index in [4.69, 9.17) is 4.98 Å². The third kappa shape index (κ3) is 3.20. The van der Waals surface area contributed by atoms with Gasteiger partial charge in [-0.1, -0.05) is 18.2 Å². The van der Waals surface area contributed by atoms with Gasteiger partial charge >= 0.3 is 0 Å². The van der Waals surface area contributed by atoms with Gasteiger partial charge in [0.05, 0.1) is 12.1 Å². The third-order valence-electron chi connectivity index (χ3n) is 4.78. The van der Waals surface area contributed by atoms with Gasteiger partial charge in [-0.05, 0) is 32.0 Å². The molecule has 0 amide bonds. The van der Waals surface area contributed by atoms with E-state index in [1.54, 1.807) is 0 Å². The lowest BCUT2D eigenvalue weighted by Crippen LogP contribution is -2.47. The van der Waals surface area contributed by atoms with Crippen LogP contribution in [0.5, 0.6) is 0 Å². The number of aliphatic hydroxyl groups excluding tert-OH is 1. The number of aryl methyl sites for hydroxylation is 2. The highest BCUT2D eigenvalue weighted by molar-refractivity contribution is 5.81. The Balaban J connectivity index is 1.57. The summed E-state index contributed by atoms with van der Waals surface area (Å²) in [6, 6.07) is 12.1. The summed E-state index contributed by atoms with van der Waals surface area (Å²) in [6.45, 7) is 7.32. The molecule has 0 saturated carbocycles. The molecule has 0 spiro atoms. The van der Waals surface area contributed by atoms with Gasteiger partial charge in [-0.25, -0.2) is 15.0 Å². The molecule has 0 atom stereocenters. The second kappa shape index (κ2) is 6.88. The van der Waals surface area contributed by atoms with Gasteiger partial charge in [0.2, 0.25) is 5.95 Å². The fourth-order valence-corrected chi connectivity index (χ4v) is 3.51. The third-order valence-corrected chi connectivity index (χ3v) is 4.78. The molecular formula is C20H23N5O. The molecule has 26 heavy (non-hydrogen) atoms. The number of hydrogen-bond acceptors (Lipinski definition) is 6. The molecular weight excluding hydrogens is 326 g/mol. The average Bonchev–Trinajstić information content (AvgIpc) is 2.66. The second-order valence-electron chi connectivity index (χ2n) is 6.75. The van der Waals surface area contributed by atoms with E-state index in [1.165, 1.54) is 0 Å². The minimum Gasteiger partial charge on any atom is -0.392 e. The largest absolute Gasteiger partial charge is 0.392 e. The molecule has 0 aliphatic carbocycles. The van der Waals surface area contributed by atoms with Crippen molar-refractivity contribution in [1.82, 2.24) is 15.0 Å². The Bertz CT molecular complexity index is 914. The lowest BCUT2D eigenvalue weighted by molar-refractivity contribution is 0.281. The normalized spacial score (nSPS) is 14.9. The zero-order valence-electron chi connectivity index (χ0n) is 15.2. The molecule has 134 valence electrons. The summed E-state index contributed by atoms with van der Waals surface area (Å²) >= 11 is 0. The molecule has 0 bridgehead atoms. The Kier molecular flexibility index (Phi) is 4.42. The minimum absolute atomic E-state index is 0.00638. The number of anilines is 2. The Morgan fingerprint density at radius 1 is 0.885 bits per heavy atom. The number of hydrogen-bond donors (Lipinski definition) is 1. The van der Waals surface area contributed by atoms with Crippen LogP contribution in [0.2, 0.25) is 0 Å². The zero-order valence-corrected chi connectivity index (χ0v) is 15.2. The van der Waals surface area contributed by atoms with E-state index in [2.05, 4.69) is 19.8 Å². The van der Waals surface area contributed by atoms with Crippen LogP contribution in [-0.2, 0) is 6.61 Å². The molecule has 1 aliphatic rings. The topological polar surface area (TPSA) is 65.4 Å². The molecule has 4 rings (SSSR count). The number of piperazine rings is 1.